The van der Waals surface area contributed by atoms with Gasteiger partial charge in [-0.3, -0.25) is 9.59 Å². The van der Waals surface area contributed by atoms with Crippen LogP contribution in [0.15, 0.2) is 46.7 Å². The second-order valence-corrected chi connectivity index (χ2v) is 5.74. The number of thiophene rings is 1. The summed E-state index contributed by atoms with van der Waals surface area (Å²) in [5.74, 6) is -0.594. The van der Waals surface area contributed by atoms with Crippen LogP contribution >= 0.6 is 11.3 Å². The number of anilines is 1. The van der Waals surface area contributed by atoms with E-state index in [0.29, 0.717) is 11.3 Å². The first kappa shape index (κ1) is 16.5. The summed E-state index contributed by atoms with van der Waals surface area (Å²) in [5.41, 5.74) is 1.89. The second-order valence-electron chi connectivity index (χ2n) is 4.96. The normalized spacial score (nSPS) is 10.7. The van der Waals surface area contributed by atoms with Crippen molar-refractivity contribution >= 4 is 34.9 Å². The molecule has 0 fully saturated rings. The van der Waals surface area contributed by atoms with E-state index in [2.05, 4.69) is 5.32 Å². The lowest BCUT2D eigenvalue weighted by atomic mass is 10.1. The van der Waals surface area contributed by atoms with Gasteiger partial charge < -0.3 is 10.2 Å². The van der Waals surface area contributed by atoms with Gasteiger partial charge in [0.05, 0.1) is 0 Å². The van der Waals surface area contributed by atoms with Crippen molar-refractivity contribution < 1.29 is 9.59 Å². The third-order valence-corrected chi connectivity index (χ3v) is 3.72. The number of rotatable bonds is 4. The van der Waals surface area contributed by atoms with E-state index in [1.807, 2.05) is 22.9 Å². The molecule has 0 atom stereocenters. The lowest BCUT2D eigenvalue weighted by Gasteiger charge is -2.10. The Kier molecular flexibility index (Phi) is 5.28. The highest BCUT2D eigenvalue weighted by Crippen LogP contribution is 2.14. The van der Waals surface area contributed by atoms with Crippen molar-refractivity contribution in [3.05, 3.63) is 57.8 Å². The predicted molar refractivity (Wildman–Crippen MR) is 91.0 cm³/mol. The Balaban J connectivity index is 2.11. The highest BCUT2D eigenvalue weighted by Gasteiger charge is 2.11. The molecule has 0 unspecified atom stereocenters. The molecule has 23 heavy (non-hydrogen) atoms. The van der Waals surface area contributed by atoms with Crippen molar-refractivity contribution in [2.45, 2.75) is 0 Å². The molecule has 2 rings (SSSR count). The average molecular weight is 325 g/mol. The van der Waals surface area contributed by atoms with Gasteiger partial charge in [-0.25, -0.2) is 0 Å². The van der Waals surface area contributed by atoms with E-state index >= 15 is 0 Å². The van der Waals surface area contributed by atoms with Crippen molar-refractivity contribution in [3.8, 4) is 6.07 Å². The lowest BCUT2D eigenvalue weighted by Crippen LogP contribution is -2.21. The summed E-state index contributed by atoms with van der Waals surface area (Å²) < 4.78 is 0. The molecule has 1 aromatic heterocycles. The summed E-state index contributed by atoms with van der Waals surface area (Å²) in [7, 11) is 3.35. The summed E-state index contributed by atoms with van der Waals surface area (Å²) in [6, 6.07) is 10.3. The quantitative estimate of drug-likeness (QED) is 0.694. The first-order chi connectivity index (χ1) is 11.0. The van der Waals surface area contributed by atoms with E-state index in [1.54, 1.807) is 38.4 Å². The van der Waals surface area contributed by atoms with Gasteiger partial charge in [0, 0.05) is 25.3 Å². The monoisotopic (exact) mass is 325 g/mol. The van der Waals surface area contributed by atoms with Gasteiger partial charge in [-0.2, -0.15) is 16.6 Å². The molecular formula is C17H15N3O2S. The largest absolute Gasteiger partial charge is 0.345 e. The molecule has 0 aliphatic carbocycles. The van der Waals surface area contributed by atoms with Gasteiger partial charge in [0.25, 0.3) is 11.8 Å². The molecule has 0 bridgehead atoms. The van der Waals surface area contributed by atoms with Gasteiger partial charge in [0.1, 0.15) is 11.6 Å². The van der Waals surface area contributed by atoms with Crippen LogP contribution in [0.5, 0.6) is 0 Å². The van der Waals surface area contributed by atoms with Crippen LogP contribution in [0, 0.1) is 11.3 Å². The number of hydrogen-bond donors (Lipinski definition) is 1. The fraction of sp³-hybridized carbons (Fsp3) is 0.118. The highest BCUT2D eigenvalue weighted by molar-refractivity contribution is 7.08. The topological polar surface area (TPSA) is 73.2 Å². The van der Waals surface area contributed by atoms with E-state index in [1.165, 1.54) is 22.3 Å². The van der Waals surface area contributed by atoms with Crippen LogP contribution in [0.25, 0.3) is 6.08 Å². The maximum atomic E-state index is 12.1. The molecule has 1 aromatic carbocycles. The van der Waals surface area contributed by atoms with Gasteiger partial charge in [0.15, 0.2) is 0 Å². The van der Waals surface area contributed by atoms with Crippen LogP contribution in [-0.4, -0.2) is 30.8 Å². The minimum absolute atomic E-state index is 0.0249. The minimum atomic E-state index is -0.481. The number of carbonyl (C=O) groups excluding carboxylic acids is 2. The average Bonchev–Trinajstić information content (AvgIpc) is 3.05. The first-order valence-corrected chi connectivity index (χ1v) is 7.72. The van der Waals surface area contributed by atoms with Gasteiger partial charge >= 0.3 is 0 Å². The van der Waals surface area contributed by atoms with E-state index < -0.39 is 5.91 Å². The van der Waals surface area contributed by atoms with E-state index in [-0.39, 0.29) is 11.5 Å². The Morgan fingerprint density at radius 3 is 2.43 bits per heavy atom. The first-order valence-electron chi connectivity index (χ1n) is 6.78. The molecule has 0 radical (unpaired) electrons. The molecule has 0 aliphatic rings. The minimum Gasteiger partial charge on any atom is -0.345 e. The Labute approximate surface area is 138 Å². The molecular weight excluding hydrogens is 310 g/mol. The third-order valence-electron chi connectivity index (χ3n) is 3.02. The van der Waals surface area contributed by atoms with Crippen molar-refractivity contribution in [1.82, 2.24) is 4.90 Å². The Morgan fingerprint density at radius 1 is 1.22 bits per heavy atom. The molecule has 116 valence electrons. The fourth-order valence-electron chi connectivity index (χ4n) is 1.83. The maximum Gasteiger partial charge on any atom is 0.266 e. The zero-order valence-electron chi connectivity index (χ0n) is 12.7. The summed E-state index contributed by atoms with van der Waals surface area (Å²) in [4.78, 5) is 25.4. The molecule has 0 saturated carbocycles. The number of hydrogen-bond acceptors (Lipinski definition) is 4. The van der Waals surface area contributed by atoms with Crippen LogP contribution in [0.1, 0.15) is 15.9 Å². The summed E-state index contributed by atoms with van der Waals surface area (Å²) in [6.07, 6.45) is 1.54. The van der Waals surface area contributed by atoms with Crippen molar-refractivity contribution in [3.63, 3.8) is 0 Å². The summed E-state index contributed by atoms with van der Waals surface area (Å²) in [6.45, 7) is 0. The van der Waals surface area contributed by atoms with Crippen molar-refractivity contribution in [2.75, 3.05) is 19.4 Å². The number of nitriles is 1. The van der Waals surface area contributed by atoms with Crippen LogP contribution in [-0.2, 0) is 4.79 Å². The summed E-state index contributed by atoms with van der Waals surface area (Å²) in [5, 5.41) is 15.5. The molecule has 0 aliphatic heterocycles. The van der Waals surface area contributed by atoms with Crippen LogP contribution in [0.2, 0.25) is 0 Å². The molecule has 6 heteroatoms. The standard InChI is InChI=1S/C17H15N3O2S/c1-20(2)17(22)13-3-5-15(6-4-13)19-16(21)14(10-18)9-12-7-8-23-11-12/h3-9,11H,1-2H3,(H,19,21)/b14-9-. The molecule has 2 aromatic rings. The van der Waals surface area contributed by atoms with Gasteiger partial charge in [0.2, 0.25) is 0 Å². The van der Waals surface area contributed by atoms with E-state index in [4.69, 9.17) is 5.26 Å². The molecule has 0 saturated heterocycles. The number of carbonyl (C=O) groups is 2. The van der Waals surface area contributed by atoms with Crippen molar-refractivity contribution in [1.29, 1.82) is 5.26 Å². The van der Waals surface area contributed by atoms with Gasteiger partial charge in [-0.1, -0.05) is 0 Å². The number of benzene rings is 1. The SMILES string of the molecule is CN(C)C(=O)c1ccc(NC(=O)/C(C#N)=C\c2ccsc2)cc1. The molecule has 5 nitrogen and oxygen atoms in total. The lowest BCUT2D eigenvalue weighted by molar-refractivity contribution is -0.112. The Bertz CT molecular complexity index is 769. The molecule has 0 spiro atoms. The molecule has 1 heterocycles. The van der Waals surface area contributed by atoms with Crippen LogP contribution in [0.4, 0.5) is 5.69 Å². The highest BCUT2D eigenvalue weighted by atomic mass is 32.1. The Morgan fingerprint density at radius 2 is 1.91 bits per heavy atom. The van der Waals surface area contributed by atoms with Crippen LogP contribution < -0.4 is 5.32 Å². The third kappa shape index (κ3) is 4.28. The van der Waals surface area contributed by atoms with Crippen molar-refractivity contribution in [2.24, 2.45) is 0 Å². The van der Waals surface area contributed by atoms with E-state index in [0.717, 1.165) is 5.56 Å². The predicted octanol–water partition coefficient (Wildman–Crippen LogP) is 3.00. The van der Waals surface area contributed by atoms with Gasteiger partial charge in [-0.15, -0.1) is 0 Å². The zero-order valence-corrected chi connectivity index (χ0v) is 13.6. The molecule has 2 amide bonds. The zero-order chi connectivity index (χ0) is 16.8. The van der Waals surface area contributed by atoms with E-state index in [9.17, 15) is 9.59 Å². The Hall–Kier alpha value is -2.91. The number of nitrogens with zero attached hydrogens (tertiary/aromatic N) is 2. The number of amides is 2. The van der Waals surface area contributed by atoms with Gasteiger partial charge in [-0.05, 0) is 52.7 Å². The summed E-state index contributed by atoms with van der Waals surface area (Å²) >= 11 is 1.49. The molecule has 1 N–H and O–H groups in total. The second kappa shape index (κ2) is 7.38. The van der Waals surface area contributed by atoms with Crippen LogP contribution in [0.3, 0.4) is 0 Å². The smallest absolute Gasteiger partial charge is 0.266 e. The maximum absolute atomic E-state index is 12.1. The fourth-order valence-corrected chi connectivity index (χ4v) is 2.44. The number of nitrogens with one attached hydrogen (secondary N) is 1.